The summed E-state index contributed by atoms with van der Waals surface area (Å²) in [6.07, 6.45) is 1.19. The van der Waals surface area contributed by atoms with Crippen LogP contribution in [-0.2, 0) is 19.7 Å². The fraction of sp³-hybridized carbons (Fsp3) is 0. The Labute approximate surface area is 225 Å². The van der Waals surface area contributed by atoms with Crippen molar-refractivity contribution in [1.82, 2.24) is 5.32 Å². The van der Waals surface area contributed by atoms with E-state index in [1.54, 1.807) is 0 Å². The average Bonchev–Trinajstić information content (AvgIpc) is 2.81. The molecule has 184 valence electrons. The molecule has 0 unspecified atom stereocenters. The van der Waals surface area contributed by atoms with Crippen LogP contribution < -0.4 is 14.4 Å². The van der Waals surface area contributed by atoms with Crippen molar-refractivity contribution in [2.24, 2.45) is 0 Å². The number of hydrogen-bond acceptors (Lipinski definition) is 6. The van der Waals surface area contributed by atoms with Gasteiger partial charge >= 0.3 is 16.1 Å². The number of carbonyl (C=O) groups excluding carboxylic acids is 3. The average molecular weight is 586 g/mol. The van der Waals surface area contributed by atoms with Crippen LogP contribution >= 0.6 is 46.4 Å². The van der Waals surface area contributed by atoms with Crippen LogP contribution in [0.2, 0.25) is 20.1 Å². The van der Waals surface area contributed by atoms with Gasteiger partial charge in [0.1, 0.15) is 10.5 Å². The Bertz CT molecular complexity index is 1560. The first-order valence-electron chi connectivity index (χ1n) is 9.82. The highest BCUT2D eigenvalue weighted by molar-refractivity contribution is 7.87. The summed E-state index contributed by atoms with van der Waals surface area (Å²) >= 11 is 23.9. The quantitative estimate of drug-likeness (QED) is 0.232. The topological polar surface area (TPSA) is 110 Å². The molecule has 1 saturated heterocycles. The molecule has 4 rings (SSSR count). The number of halogens is 4. The van der Waals surface area contributed by atoms with Crippen LogP contribution in [0.15, 0.2) is 71.1 Å². The minimum Gasteiger partial charge on any atom is -0.377 e. The van der Waals surface area contributed by atoms with E-state index >= 15 is 0 Å². The minimum atomic E-state index is -4.20. The lowest BCUT2D eigenvalue weighted by Crippen LogP contribution is -2.54. The number of nitrogens with zero attached hydrogens (tertiary/aromatic N) is 1. The summed E-state index contributed by atoms with van der Waals surface area (Å²) in [7, 11) is -4.20. The van der Waals surface area contributed by atoms with Crippen LogP contribution in [0.1, 0.15) is 5.56 Å². The number of urea groups is 1. The van der Waals surface area contributed by atoms with E-state index in [9.17, 15) is 22.8 Å². The summed E-state index contributed by atoms with van der Waals surface area (Å²) < 4.78 is 30.1. The molecule has 1 heterocycles. The zero-order valence-corrected chi connectivity index (χ0v) is 21.5. The third kappa shape index (κ3) is 5.35. The molecular formula is C23H12Cl4N2O6S. The molecule has 0 radical (unpaired) electrons. The number of benzene rings is 3. The molecule has 0 atom stereocenters. The van der Waals surface area contributed by atoms with Crippen LogP contribution in [0.25, 0.3) is 6.08 Å². The van der Waals surface area contributed by atoms with E-state index in [-0.39, 0.29) is 42.5 Å². The largest absolute Gasteiger partial charge is 0.377 e. The molecule has 0 aromatic heterocycles. The number of imide groups is 2. The fourth-order valence-corrected chi connectivity index (χ4v) is 4.76. The van der Waals surface area contributed by atoms with Gasteiger partial charge < -0.3 is 4.18 Å². The van der Waals surface area contributed by atoms with E-state index in [0.29, 0.717) is 5.02 Å². The van der Waals surface area contributed by atoms with Crippen molar-refractivity contribution >= 4 is 86.1 Å². The summed E-state index contributed by atoms with van der Waals surface area (Å²) in [6.45, 7) is 0. The predicted octanol–water partition coefficient (Wildman–Crippen LogP) is 5.73. The highest BCUT2D eigenvalue weighted by Gasteiger charge is 2.37. The maximum atomic E-state index is 13.0. The molecule has 13 heteroatoms. The molecular weight excluding hydrogens is 574 g/mol. The zero-order chi connectivity index (χ0) is 26.2. The Hall–Kier alpha value is -3.08. The fourth-order valence-electron chi connectivity index (χ4n) is 3.12. The van der Waals surface area contributed by atoms with Crippen molar-refractivity contribution in [1.29, 1.82) is 0 Å². The van der Waals surface area contributed by atoms with Gasteiger partial charge in [0.15, 0.2) is 5.75 Å². The smallest absolute Gasteiger partial charge is 0.339 e. The number of anilines is 1. The van der Waals surface area contributed by atoms with Crippen molar-refractivity contribution in [3.8, 4) is 5.75 Å². The molecule has 8 nitrogen and oxygen atoms in total. The molecule has 3 aromatic rings. The van der Waals surface area contributed by atoms with E-state index in [1.807, 2.05) is 0 Å². The first kappa shape index (κ1) is 26.0. The Balaban J connectivity index is 1.62. The van der Waals surface area contributed by atoms with Gasteiger partial charge in [0.2, 0.25) is 0 Å². The Morgan fingerprint density at radius 2 is 1.50 bits per heavy atom. The second kappa shape index (κ2) is 10.1. The van der Waals surface area contributed by atoms with Crippen LogP contribution in [0.5, 0.6) is 5.75 Å². The molecule has 0 bridgehead atoms. The van der Waals surface area contributed by atoms with Gasteiger partial charge in [0, 0.05) is 5.02 Å². The van der Waals surface area contributed by atoms with Crippen molar-refractivity contribution in [3.05, 3.63) is 91.9 Å². The lowest BCUT2D eigenvalue weighted by Gasteiger charge is -2.26. The third-order valence-electron chi connectivity index (χ3n) is 4.83. The zero-order valence-electron chi connectivity index (χ0n) is 17.7. The Morgan fingerprint density at radius 1 is 0.806 bits per heavy atom. The molecule has 1 fully saturated rings. The van der Waals surface area contributed by atoms with Crippen molar-refractivity contribution in [3.63, 3.8) is 0 Å². The Kier molecular flexibility index (Phi) is 7.31. The first-order valence-corrected chi connectivity index (χ1v) is 12.7. The lowest BCUT2D eigenvalue weighted by atomic mass is 10.1. The SMILES string of the molecule is O=C1NC(=O)N(c2ccc(Cl)c(Cl)c2)C(=O)/C1=C/c1ccc(OS(=O)(=O)c2ccc(Cl)cc2)c(Cl)c1. The minimum absolute atomic E-state index is 0.0967. The predicted molar refractivity (Wildman–Crippen MR) is 136 cm³/mol. The van der Waals surface area contributed by atoms with Crippen molar-refractivity contribution in [2.45, 2.75) is 4.90 Å². The van der Waals surface area contributed by atoms with E-state index in [4.69, 9.17) is 50.6 Å². The van der Waals surface area contributed by atoms with Crippen LogP contribution in [0, 0.1) is 0 Å². The van der Waals surface area contributed by atoms with Gasteiger partial charge in [0.25, 0.3) is 11.8 Å². The highest BCUT2D eigenvalue weighted by atomic mass is 35.5. The number of rotatable bonds is 5. The summed E-state index contributed by atoms with van der Waals surface area (Å²) in [6, 6.07) is 12.4. The molecule has 0 aliphatic carbocycles. The summed E-state index contributed by atoms with van der Waals surface area (Å²) in [4.78, 5) is 38.4. The summed E-state index contributed by atoms with van der Waals surface area (Å²) in [5.41, 5.74) is -0.0168. The van der Waals surface area contributed by atoms with E-state index < -0.39 is 28.0 Å². The maximum Gasteiger partial charge on any atom is 0.339 e. The van der Waals surface area contributed by atoms with Gasteiger partial charge in [-0.25, -0.2) is 9.69 Å². The number of amides is 4. The second-order valence-corrected chi connectivity index (χ2v) is 10.4. The standard InChI is InChI=1S/C23H12Cl4N2O6S/c24-13-2-5-15(6-3-13)36(33,34)35-20-8-1-12(10-19(20)27)9-16-21(30)28-23(32)29(22(16)31)14-4-7-17(25)18(26)11-14/h1-11H,(H,28,30,32)/b16-9+. The van der Waals surface area contributed by atoms with Crippen molar-refractivity contribution in [2.75, 3.05) is 4.90 Å². The van der Waals surface area contributed by atoms with Crippen LogP contribution in [0.4, 0.5) is 10.5 Å². The van der Waals surface area contributed by atoms with Gasteiger partial charge in [-0.2, -0.15) is 8.42 Å². The maximum absolute atomic E-state index is 13.0. The Morgan fingerprint density at radius 3 is 2.14 bits per heavy atom. The van der Waals surface area contributed by atoms with Gasteiger partial charge in [0.05, 0.1) is 20.8 Å². The number of nitrogens with one attached hydrogen (secondary N) is 1. The second-order valence-electron chi connectivity index (χ2n) is 7.24. The van der Waals surface area contributed by atoms with E-state index in [0.717, 1.165) is 4.90 Å². The third-order valence-corrected chi connectivity index (χ3v) is 7.37. The highest BCUT2D eigenvalue weighted by Crippen LogP contribution is 2.32. The number of hydrogen-bond donors (Lipinski definition) is 1. The number of carbonyl (C=O) groups is 3. The van der Waals surface area contributed by atoms with Gasteiger partial charge in [-0.05, 0) is 66.2 Å². The van der Waals surface area contributed by atoms with Gasteiger partial charge in [-0.3, -0.25) is 14.9 Å². The van der Waals surface area contributed by atoms with E-state index in [2.05, 4.69) is 5.32 Å². The summed E-state index contributed by atoms with van der Waals surface area (Å²) in [5, 5.41) is 2.64. The normalized spacial score (nSPS) is 15.3. The molecule has 4 amide bonds. The monoisotopic (exact) mass is 584 g/mol. The molecule has 3 aromatic carbocycles. The number of barbiturate groups is 1. The van der Waals surface area contributed by atoms with Crippen LogP contribution in [0.3, 0.4) is 0 Å². The molecule has 0 saturated carbocycles. The molecule has 1 aliphatic rings. The molecule has 36 heavy (non-hydrogen) atoms. The van der Waals surface area contributed by atoms with Gasteiger partial charge in [-0.1, -0.05) is 52.5 Å². The van der Waals surface area contributed by atoms with Crippen molar-refractivity contribution < 1.29 is 27.0 Å². The first-order chi connectivity index (χ1) is 17.0. The van der Waals surface area contributed by atoms with Crippen LogP contribution in [-0.4, -0.2) is 26.3 Å². The molecule has 1 N–H and O–H groups in total. The van der Waals surface area contributed by atoms with Gasteiger partial charge in [-0.15, -0.1) is 0 Å². The molecule has 1 aliphatic heterocycles. The van der Waals surface area contributed by atoms with E-state index in [1.165, 1.54) is 66.7 Å². The summed E-state index contributed by atoms with van der Waals surface area (Å²) in [5.74, 6) is -2.02. The molecule has 0 spiro atoms. The lowest BCUT2D eigenvalue weighted by molar-refractivity contribution is -0.122.